The number of ketones is 1. The predicted molar refractivity (Wildman–Crippen MR) is 79.3 cm³/mol. The smallest absolute Gasteiger partial charge is 0.195 e. The molecule has 0 aromatic heterocycles. The molecule has 2 aromatic rings. The van der Waals surface area contributed by atoms with Crippen molar-refractivity contribution in [2.45, 2.75) is 26.2 Å². The number of carbonyl (C=O) groups is 1. The number of aryl methyl sites for hydroxylation is 1. The van der Waals surface area contributed by atoms with Crippen LogP contribution in [0.2, 0.25) is 0 Å². The molecule has 0 heterocycles. The van der Waals surface area contributed by atoms with E-state index in [-0.39, 0.29) is 11.3 Å². The molecule has 3 heteroatoms. The summed E-state index contributed by atoms with van der Waals surface area (Å²) in [6, 6.07) is 11.3. The topological polar surface area (TPSA) is 43.1 Å². The van der Waals surface area contributed by atoms with Crippen molar-refractivity contribution < 1.29 is 9.18 Å². The normalized spacial score (nSPS) is 10.5. The Morgan fingerprint density at radius 1 is 1.15 bits per heavy atom. The molecule has 104 valence electrons. The van der Waals surface area contributed by atoms with Gasteiger partial charge in [0.15, 0.2) is 5.78 Å². The van der Waals surface area contributed by atoms with Crippen LogP contribution in [0, 0.1) is 5.82 Å². The summed E-state index contributed by atoms with van der Waals surface area (Å²) in [5, 5.41) is 0. The fourth-order valence-electron chi connectivity index (χ4n) is 2.08. The zero-order valence-corrected chi connectivity index (χ0v) is 11.5. The van der Waals surface area contributed by atoms with Gasteiger partial charge in [-0.3, -0.25) is 4.79 Å². The first-order chi connectivity index (χ1) is 9.61. The highest BCUT2D eigenvalue weighted by atomic mass is 19.1. The Morgan fingerprint density at radius 3 is 2.50 bits per heavy atom. The lowest BCUT2D eigenvalue weighted by Gasteiger charge is -2.06. The van der Waals surface area contributed by atoms with Gasteiger partial charge in [-0.2, -0.15) is 0 Å². The monoisotopic (exact) mass is 271 g/mol. The maximum absolute atomic E-state index is 13.2. The van der Waals surface area contributed by atoms with E-state index in [4.69, 9.17) is 5.73 Å². The van der Waals surface area contributed by atoms with Crippen LogP contribution in [0.3, 0.4) is 0 Å². The second kappa shape index (κ2) is 6.33. The molecule has 0 spiro atoms. The molecule has 2 aromatic carbocycles. The first kappa shape index (κ1) is 14.3. The van der Waals surface area contributed by atoms with Crippen LogP contribution in [0.15, 0.2) is 42.5 Å². The molecule has 0 radical (unpaired) electrons. The Labute approximate surface area is 118 Å². The van der Waals surface area contributed by atoms with Crippen LogP contribution >= 0.6 is 0 Å². The van der Waals surface area contributed by atoms with E-state index in [1.165, 1.54) is 23.8 Å². The number of nitrogens with two attached hydrogens (primary N) is 1. The van der Waals surface area contributed by atoms with E-state index in [0.717, 1.165) is 19.3 Å². The van der Waals surface area contributed by atoms with E-state index in [1.807, 2.05) is 12.1 Å². The van der Waals surface area contributed by atoms with Gasteiger partial charge in [0.05, 0.1) is 0 Å². The molecule has 2 N–H and O–H groups in total. The summed E-state index contributed by atoms with van der Waals surface area (Å²) in [5.41, 5.74) is 7.98. The molecule has 0 aliphatic heterocycles. The molecule has 0 atom stereocenters. The van der Waals surface area contributed by atoms with Crippen molar-refractivity contribution in [2.75, 3.05) is 5.73 Å². The molecular weight excluding hydrogens is 253 g/mol. The van der Waals surface area contributed by atoms with Gasteiger partial charge in [-0.05, 0) is 36.6 Å². The van der Waals surface area contributed by atoms with E-state index >= 15 is 0 Å². The van der Waals surface area contributed by atoms with Crippen molar-refractivity contribution in [3.05, 3.63) is 65.0 Å². The average Bonchev–Trinajstić information content (AvgIpc) is 2.47. The fraction of sp³-hybridized carbons (Fsp3) is 0.235. The number of hydrogen-bond acceptors (Lipinski definition) is 2. The first-order valence-corrected chi connectivity index (χ1v) is 6.80. The Bertz CT molecular complexity index is 605. The molecule has 0 bridgehead atoms. The molecule has 0 unspecified atom stereocenters. The van der Waals surface area contributed by atoms with Gasteiger partial charge in [-0.15, -0.1) is 0 Å². The van der Waals surface area contributed by atoms with Gasteiger partial charge in [-0.1, -0.05) is 37.6 Å². The maximum Gasteiger partial charge on any atom is 0.195 e. The van der Waals surface area contributed by atoms with Gasteiger partial charge < -0.3 is 5.73 Å². The van der Waals surface area contributed by atoms with Crippen LogP contribution in [-0.2, 0) is 6.42 Å². The zero-order valence-electron chi connectivity index (χ0n) is 11.5. The second-order valence-corrected chi connectivity index (χ2v) is 4.86. The lowest BCUT2D eigenvalue weighted by Crippen LogP contribution is -2.06. The highest BCUT2D eigenvalue weighted by molar-refractivity contribution is 6.12. The zero-order chi connectivity index (χ0) is 14.5. The van der Waals surface area contributed by atoms with Crippen LogP contribution in [0.4, 0.5) is 10.1 Å². The summed E-state index contributed by atoms with van der Waals surface area (Å²) >= 11 is 0. The molecule has 0 fully saturated rings. The van der Waals surface area contributed by atoms with Crippen molar-refractivity contribution in [3.8, 4) is 0 Å². The van der Waals surface area contributed by atoms with Crippen LogP contribution in [-0.4, -0.2) is 5.78 Å². The fourth-order valence-corrected chi connectivity index (χ4v) is 2.08. The first-order valence-electron chi connectivity index (χ1n) is 6.80. The van der Waals surface area contributed by atoms with Gasteiger partial charge in [0.25, 0.3) is 0 Å². The minimum atomic E-state index is -0.456. The highest BCUT2D eigenvalue weighted by Crippen LogP contribution is 2.18. The van der Waals surface area contributed by atoms with Crippen molar-refractivity contribution in [1.82, 2.24) is 0 Å². The average molecular weight is 271 g/mol. The number of rotatable bonds is 5. The van der Waals surface area contributed by atoms with Crippen LogP contribution in [0.1, 0.15) is 41.3 Å². The van der Waals surface area contributed by atoms with E-state index in [2.05, 4.69) is 6.92 Å². The van der Waals surface area contributed by atoms with E-state index < -0.39 is 5.82 Å². The third kappa shape index (κ3) is 3.23. The standard InChI is InChI=1S/C17H18FNO/c1-2-3-4-12-5-7-13(8-6-12)17(20)15-11-14(18)9-10-16(15)19/h5-11H,2-4,19H2,1H3. The second-order valence-electron chi connectivity index (χ2n) is 4.86. The molecule has 0 aliphatic rings. The van der Waals surface area contributed by atoms with Gasteiger partial charge in [0, 0.05) is 16.8 Å². The number of carbonyl (C=O) groups excluding carboxylic acids is 1. The van der Waals surface area contributed by atoms with Gasteiger partial charge in [0.2, 0.25) is 0 Å². The van der Waals surface area contributed by atoms with Crippen LogP contribution in [0.25, 0.3) is 0 Å². The number of benzene rings is 2. The summed E-state index contributed by atoms with van der Waals surface area (Å²) in [6.45, 7) is 2.14. The number of anilines is 1. The van der Waals surface area contributed by atoms with Crippen LogP contribution < -0.4 is 5.73 Å². The third-order valence-electron chi connectivity index (χ3n) is 3.30. The Hall–Kier alpha value is -2.16. The summed E-state index contributed by atoms with van der Waals surface area (Å²) in [5.74, 6) is -0.703. The number of hydrogen-bond donors (Lipinski definition) is 1. The molecule has 0 aliphatic carbocycles. The summed E-state index contributed by atoms with van der Waals surface area (Å²) in [6.07, 6.45) is 3.28. The quantitative estimate of drug-likeness (QED) is 0.660. The number of nitrogen functional groups attached to an aromatic ring is 1. The summed E-state index contributed by atoms with van der Waals surface area (Å²) < 4.78 is 13.2. The maximum atomic E-state index is 13.2. The van der Waals surface area contributed by atoms with Crippen molar-refractivity contribution >= 4 is 11.5 Å². The molecule has 0 amide bonds. The third-order valence-corrected chi connectivity index (χ3v) is 3.30. The minimum absolute atomic E-state index is 0.214. The van der Waals surface area contributed by atoms with E-state index in [0.29, 0.717) is 11.3 Å². The number of unbranched alkanes of at least 4 members (excludes halogenated alkanes) is 1. The molecule has 20 heavy (non-hydrogen) atoms. The van der Waals surface area contributed by atoms with Gasteiger partial charge >= 0.3 is 0 Å². The largest absolute Gasteiger partial charge is 0.398 e. The molecule has 0 saturated heterocycles. The predicted octanol–water partition coefficient (Wildman–Crippen LogP) is 3.98. The van der Waals surface area contributed by atoms with Crippen molar-refractivity contribution in [2.24, 2.45) is 0 Å². The minimum Gasteiger partial charge on any atom is -0.398 e. The van der Waals surface area contributed by atoms with Crippen molar-refractivity contribution in [1.29, 1.82) is 0 Å². The number of halogens is 1. The summed E-state index contributed by atoms with van der Waals surface area (Å²) in [4.78, 5) is 12.3. The van der Waals surface area contributed by atoms with Gasteiger partial charge in [-0.25, -0.2) is 4.39 Å². The molecule has 2 rings (SSSR count). The SMILES string of the molecule is CCCCc1ccc(C(=O)c2cc(F)ccc2N)cc1. The van der Waals surface area contributed by atoms with E-state index in [9.17, 15) is 9.18 Å². The summed E-state index contributed by atoms with van der Waals surface area (Å²) in [7, 11) is 0. The lowest BCUT2D eigenvalue weighted by molar-refractivity contribution is 0.103. The van der Waals surface area contributed by atoms with Crippen molar-refractivity contribution in [3.63, 3.8) is 0 Å². The van der Waals surface area contributed by atoms with Gasteiger partial charge in [0.1, 0.15) is 5.82 Å². The van der Waals surface area contributed by atoms with E-state index in [1.54, 1.807) is 12.1 Å². The Kier molecular flexibility index (Phi) is 4.51. The van der Waals surface area contributed by atoms with Crippen LogP contribution in [0.5, 0.6) is 0 Å². The Morgan fingerprint density at radius 2 is 1.85 bits per heavy atom. The lowest BCUT2D eigenvalue weighted by atomic mass is 9.99. The molecular formula is C17H18FNO. The molecule has 2 nitrogen and oxygen atoms in total. The highest BCUT2D eigenvalue weighted by Gasteiger charge is 2.13. The molecule has 0 saturated carbocycles. The Balaban J connectivity index is 2.22.